The van der Waals surface area contributed by atoms with Gasteiger partial charge in [-0.05, 0) is 18.4 Å². The van der Waals surface area contributed by atoms with E-state index in [1.54, 1.807) is 11.4 Å². The molecule has 0 atom stereocenters. The fraction of sp³-hybridized carbons (Fsp3) is 0.643. The van der Waals surface area contributed by atoms with Crippen molar-refractivity contribution in [2.24, 2.45) is 0 Å². The van der Waals surface area contributed by atoms with Gasteiger partial charge in [0, 0.05) is 45.0 Å². The van der Waals surface area contributed by atoms with Crippen molar-refractivity contribution in [1.82, 2.24) is 14.2 Å². The van der Waals surface area contributed by atoms with Crippen LogP contribution in [0.2, 0.25) is 0 Å². The van der Waals surface area contributed by atoms with Crippen LogP contribution in [0.5, 0.6) is 5.88 Å². The Hall–Kier alpha value is -1.18. The second-order valence-electron chi connectivity index (χ2n) is 5.63. The zero-order chi connectivity index (χ0) is 14.9. The Labute approximate surface area is 125 Å². The summed E-state index contributed by atoms with van der Waals surface area (Å²) in [5.41, 5.74) is 1.12. The first-order valence-corrected chi connectivity index (χ1v) is 8.80. The molecule has 0 amide bonds. The van der Waals surface area contributed by atoms with Gasteiger partial charge in [0.05, 0.1) is 12.4 Å². The number of hydrogen-bond donors (Lipinski definition) is 0. The lowest BCUT2D eigenvalue weighted by Gasteiger charge is -2.34. The molecule has 2 aliphatic rings. The van der Waals surface area contributed by atoms with E-state index in [2.05, 4.69) is 9.88 Å². The highest BCUT2D eigenvalue weighted by atomic mass is 32.2. The first-order valence-electron chi connectivity index (χ1n) is 7.30. The van der Waals surface area contributed by atoms with Crippen LogP contribution in [0.4, 0.5) is 0 Å². The SMILES string of the molecule is COc1ccc(CN2CCN(S(=O)(=O)C3CC3)CC2)cn1. The first-order chi connectivity index (χ1) is 10.1. The lowest BCUT2D eigenvalue weighted by molar-refractivity contribution is 0.181. The zero-order valence-corrected chi connectivity index (χ0v) is 13.1. The molecule has 0 radical (unpaired) electrons. The maximum Gasteiger partial charge on any atom is 0.217 e. The van der Waals surface area contributed by atoms with E-state index in [4.69, 9.17) is 4.74 Å². The summed E-state index contributed by atoms with van der Waals surface area (Å²) < 4.78 is 31.0. The molecule has 6 nitrogen and oxygen atoms in total. The van der Waals surface area contributed by atoms with Crippen LogP contribution in [0, 0.1) is 0 Å². The third-order valence-corrected chi connectivity index (χ3v) is 6.45. The standard InChI is InChI=1S/C14H21N3O3S/c1-20-14-5-2-12(10-15-14)11-16-6-8-17(9-7-16)21(18,19)13-3-4-13/h2,5,10,13H,3-4,6-9,11H2,1H3. The van der Waals surface area contributed by atoms with Crippen molar-refractivity contribution >= 4 is 10.0 Å². The summed E-state index contributed by atoms with van der Waals surface area (Å²) in [6, 6.07) is 3.85. The van der Waals surface area contributed by atoms with E-state index < -0.39 is 10.0 Å². The monoisotopic (exact) mass is 311 g/mol. The zero-order valence-electron chi connectivity index (χ0n) is 12.2. The normalized spacial score (nSPS) is 21.4. The summed E-state index contributed by atoms with van der Waals surface area (Å²) in [7, 11) is -1.42. The molecule has 0 unspecified atom stereocenters. The van der Waals surface area contributed by atoms with Crippen LogP contribution in [-0.4, -0.2) is 61.1 Å². The molecule has 1 aromatic heterocycles. The van der Waals surface area contributed by atoms with Gasteiger partial charge < -0.3 is 4.74 Å². The van der Waals surface area contributed by atoms with Crippen LogP contribution < -0.4 is 4.74 Å². The molecule has 2 heterocycles. The molecule has 116 valence electrons. The van der Waals surface area contributed by atoms with Crippen molar-refractivity contribution in [2.75, 3.05) is 33.3 Å². The van der Waals surface area contributed by atoms with Crippen LogP contribution in [0.15, 0.2) is 18.3 Å². The number of ether oxygens (including phenoxy) is 1. The maximum atomic E-state index is 12.2. The van der Waals surface area contributed by atoms with Crippen molar-refractivity contribution in [3.8, 4) is 5.88 Å². The first kappa shape index (κ1) is 14.7. The number of hydrogen-bond acceptors (Lipinski definition) is 5. The lowest BCUT2D eigenvalue weighted by Crippen LogP contribution is -2.49. The highest BCUT2D eigenvalue weighted by molar-refractivity contribution is 7.90. The molecule has 7 heteroatoms. The van der Waals surface area contributed by atoms with Gasteiger partial charge in [-0.2, -0.15) is 4.31 Å². The number of piperazine rings is 1. The fourth-order valence-electron chi connectivity index (χ4n) is 2.60. The van der Waals surface area contributed by atoms with E-state index in [-0.39, 0.29) is 5.25 Å². The number of methoxy groups -OCH3 is 1. The minimum atomic E-state index is -3.02. The highest BCUT2D eigenvalue weighted by Gasteiger charge is 2.40. The molecule has 0 N–H and O–H groups in total. The highest BCUT2D eigenvalue weighted by Crippen LogP contribution is 2.31. The fourth-order valence-corrected chi connectivity index (χ4v) is 4.43. The molecule has 0 bridgehead atoms. The molecule has 3 rings (SSSR count). The number of sulfonamides is 1. The third kappa shape index (κ3) is 3.36. The Morgan fingerprint density at radius 1 is 1.24 bits per heavy atom. The van der Waals surface area contributed by atoms with E-state index in [0.717, 1.165) is 38.0 Å². The lowest BCUT2D eigenvalue weighted by atomic mass is 10.2. The summed E-state index contributed by atoms with van der Waals surface area (Å²) in [6.45, 7) is 3.55. The Morgan fingerprint density at radius 3 is 2.48 bits per heavy atom. The molecular weight excluding hydrogens is 290 g/mol. The molecule has 1 aliphatic heterocycles. The van der Waals surface area contributed by atoms with Gasteiger partial charge in [-0.1, -0.05) is 6.07 Å². The smallest absolute Gasteiger partial charge is 0.217 e. The van der Waals surface area contributed by atoms with Gasteiger partial charge in [0.15, 0.2) is 0 Å². The summed E-state index contributed by atoms with van der Waals surface area (Å²) in [4.78, 5) is 6.46. The minimum absolute atomic E-state index is 0.102. The molecule has 1 saturated carbocycles. The van der Waals surface area contributed by atoms with Gasteiger partial charge in [0.2, 0.25) is 15.9 Å². The topological polar surface area (TPSA) is 62.7 Å². The molecule has 1 aliphatic carbocycles. The van der Waals surface area contributed by atoms with Crippen molar-refractivity contribution in [3.05, 3.63) is 23.9 Å². The Bertz CT molecular complexity index is 576. The quantitative estimate of drug-likeness (QED) is 0.801. The molecule has 1 saturated heterocycles. The van der Waals surface area contributed by atoms with Crippen molar-refractivity contribution in [3.63, 3.8) is 0 Å². The van der Waals surface area contributed by atoms with Crippen molar-refractivity contribution in [2.45, 2.75) is 24.6 Å². The number of aromatic nitrogens is 1. The summed E-state index contributed by atoms with van der Waals surface area (Å²) in [5, 5.41) is -0.102. The van der Waals surface area contributed by atoms with E-state index in [1.165, 1.54) is 0 Å². The Balaban J connectivity index is 1.53. The summed E-state index contributed by atoms with van der Waals surface area (Å²) in [6.07, 6.45) is 3.48. The summed E-state index contributed by atoms with van der Waals surface area (Å²) >= 11 is 0. The van der Waals surface area contributed by atoms with E-state index in [9.17, 15) is 8.42 Å². The molecular formula is C14H21N3O3S. The minimum Gasteiger partial charge on any atom is -0.481 e. The van der Waals surface area contributed by atoms with Gasteiger partial charge in [-0.25, -0.2) is 13.4 Å². The van der Waals surface area contributed by atoms with Gasteiger partial charge in [-0.3, -0.25) is 4.90 Å². The average Bonchev–Trinajstić information content (AvgIpc) is 3.34. The van der Waals surface area contributed by atoms with Crippen LogP contribution >= 0.6 is 0 Å². The van der Waals surface area contributed by atoms with E-state index >= 15 is 0 Å². The average molecular weight is 311 g/mol. The largest absolute Gasteiger partial charge is 0.481 e. The number of nitrogens with zero attached hydrogens (tertiary/aromatic N) is 3. The number of rotatable bonds is 5. The Kier molecular flexibility index (Phi) is 4.14. The van der Waals surface area contributed by atoms with Gasteiger partial charge >= 0.3 is 0 Å². The van der Waals surface area contributed by atoms with Gasteiger partial charge in [0.25, 0.3) is 0 Å². The second-order valence-corrected chi connectivity index (χ2v) is 7.84. The van der Waals surface area contributed by atoms with Crippen molar-refractivity contribution in [1.29, 1.82) is 0 Å². The predicted molar refractivity (Wildman–Crippen MR) is 79.6 cm³/mol. The van der Waals surface area contributed by atoms with Crippen LogP contribution in [0.1, 0.15) is 18.4 Å². The van der Waals surface area contributed by atoms with Crippen LogP contribution in [-0.2, 0) is 16.6 Å². The van der Waals surface area contributed by atoms with Crippen LogP contribution in [0.25, 0.3) is 0 Å². The predicted octanol–water partition coefficient (Wildman–Crippen LogP) is 0.700. The van der Waals surface area contributed by atoms with Gasteiger partial charge in [-0.15, -0.1) is 0 Å². The summed E-state index contributed by atoms with van der Waals surface area (Å²) in [5.74, 6) is 0.610. The molecule has 21 heavy (non-hydrogen) atoms. The van der Waals surface area contributed by atoms with Crippen molar-refractivity contribution < 1.29 is 13.2 Å². The molecule has 0 spiro atoms. The molecule has 1 aromatic rings. The van der Waals surface area contributed by atoms with Gasteiger partial charge in [0.1, 0.15) is 0 Å². The third-order valence-electron chi connectivity index (χ3n) is 4.05. The van der Waals surface area contributed by atoms with E-state index in [0.29, 0.717) is 19.0 Å². The van der Waals surface area contributed by atoms with Crippen LogP contribution in [0.3, 0.4) is 0 Å². The molecule has 0 aromatic carbocycles. The van der Waals surface area contributed by atoms with E-state index in [1.807, 2.05) is 18.3 Å². The Morgan fingerprint density at radius 2 is 1.95 bits per heavy atom. The molecule has 2 fully saturated rings. The second kappa shape index (κ2) is 5.90. The number of pyridine rings is 1. The maximum absolute atomic E-state index is 12.2.